The van der Waals surface area contributed by atoms with E-state index in [4.69, 9.17) is 5.26 Å². The molecule has 1 rings (SSSR count). The Balaban J connectivity index is 0.00000289. The monoisotopic (exact) mass is 289 g/mol. The van der Waals surface area contributed by atoms with Crippen LogP contribution >= 0.6 is 12.4 Å². The summed E-state index contributed by atoms with van der Waals surface area (Å²) in [6.07, 6.45) is 0. The van der Waals surface area contributed by atoms with Crippen LogP contribution in [0, 0.1) is 11.3 Å². The number of nitriles is 1. The fourth-order valence-corrected chi connectivity index (χ4v) is 2.47. The Morgan fingerprint density at radius 3 is 2.67 bits per heavy atom. The van der Waals surface area contributed by atoms with Crippen LogP contribution in [0.4, 0.5) is 0 Å². The first-order valence-corrected chi connectivity index (χ1v) is 6.83. The van der Waals surface area contributed by atoms with Gasteiger partial charge in [0, 0.05) is 13.1 Å². The minimum absolute atomic E-state index is 0. The van der Waals surface area contributed by atoms with Crippen molar-refractivity contribution >= 4 is 22.4 Å². The highest BCUT2D eigenvalue weighted by Crippen LogP contribution is 2.07. The number of likely N-dealkylation sites (N-methyl/N-ethyl adjacent to an activating group) is 1. The predicted molar refractivity (Wildman–Crippen MR) is 73.0 cm³/mol. The van der Waals surface area contributed by atoms with Crippen molar-refractivity contribution in [2.75, 3.05) is 20.1 Å². The highest BCUT2D eigenvalue weighted by molar-refractivity contribution is 7.88. The van der Waals surface area contributed by atoms with Crippen LogP contribution in [0.1, 0.15) is 11.1 Å². The molecule has 0 aliphatic rings. The number of nitrogens with zero attached hydrogens (tertiary/aromatic N) is 1. The fraction of sp³-hybridized carbons (Fsp3) is 0.364. The Kier molecular flexibility index (Phi) is 7.55. The molecule has 0 saturated carbocycles. The van der Waals surface area contributed by atoms with Gasteiger partial charge in [0.1, 0.15) is 0 Å². The van der Waals surface area contributed by atoms with Gasteiger partial charge in [-0.2, -0.15) is 5.26 Å². The summed E-state index contributed by atoms with van der Waals surface area (Å²) in [5.74, 6) is -0.105. The Morgan fingerprint density at radius 2 is 2.06 bits per heavy atom. The molecule has 0 saturated heterocycles. The SMILES string of the molecule is CNCCNS(=O)(=O)Cc1cccc(C#N)c1.Cl. The van der Waals surface area contributed by atoms with Crippen LogP contribution in [0.25, 0.3) is 0 Å². The summed E-state index contributed by atoms with van der Waals surface area (Å²) >= 11 is 0. The van der Waals surface area contributed by atoms with E-state index in [1.807, 2.05) is 6.07 Å². The summed E-state index contributed by atoms with van der Waals surface area (Å²) in [6.45, 7) is 0.939. The van der Waals surface area contributed by atoms with Gasteiger partial charge in [-0.05, 0) is 24.7 Å². The van der Waals surface area contributed by atoms with Crippen LogP contribution in [-0.2, 0) is 15.8 Å². The average molecular weight is 290 g/mol. The van der Waals surface area contributed by atoms with E-state index in [2.05, 4.69) is 10.0 Å². The van der Waals surface area contributed by atoms with Crippen molar-refractivity contribution in [3.05, 3.63) is 35.4 Å². The van der Waals surface area contributed by atoms with Crippen molar-refractivity contribution in [2.24, 2.45) is 0 Å². The summed E-state index contributed by atoms with van der Waals surface area (Å²) in [4.78, 5) is 0. The molecule has 0 radical (unpaired) electrons. The number of benzene rings is 1. The average Bonchev–Trinajstić information content (AvgIpc) is 2.29. The molecule has 0 atom stereocenters. The lowest BCUT2D eigenvalue weighted by Crippen LogP contribution is -2.31. The molecule has 0 bridgehead atoms. The largest absolute Gasteiger partial charge is 0.318 e. The van der Waals surface area contributed by atoms with Crippen molar-refractivity contribution in [1.82, 2.24) is 10.0 Å². The number of sulfonamides is 1. The van der Waals surface area contributed by atoms with E-state index in [9.17, 15) is 8.42 Å². The molecular weight excluding hydrogens is 274 g/mol. The van der Waals surface area contributed by atoms with Crippen molar-refractivity contribution in [3.63, 3.8) is 0 Å². The highest BCUT2D eigenvalue weighted by atomic mass is 35.5. The van der Waals surface area contributed by atoms with Crippen LogP contribution in [0.5, 0.6) is 0 Å². The molecule has 0 aromatic heterocycles. The van der Waals surface area contributed by atoms with Gasteiger partial charge in [0.05, 0.1) is 17.4 Å². The molecule has 18 heavy (non-hydrogen) atoms. The van der Waals surface area contributed by atoms with E-state index in [1.54, 1.807) is 31.3 Å². The molecule has 2 N–H and O–H groups in total. The van der Waals surface area contributed by atoms with Crippen molar-refractivity contribution in [3.8, 4) is 6.07 Å². The van der Waals surface area contributed by atoms with E-state index in [1.165, 1.54) is 0 Å². The van der Waals surface area contributed by atoms with Gasteiger partial charge in [0.25, 0.3) is 0 Å². The zero-order valence-electron chi connectivity index (χ0n) is 10.0. The molecule has 0 fully saturated rings. The van der Waals surface area contributed by atoms with Crippen molar-refractivity contribution in [2.45, 2.75) is 5.75 Å². The number of rotatable bonds is 6. The molecule has 0 heterocycles. The molecule has 0 amide bonds. The number of halogens is 1. The van der Waals surface area contributed by atoms with Gasteiger partial charge in [0.2, 0.25) is 10.0 Å². The maximum Gasteiger partial charge on any atom is 0.215 e. The maximum absolute atomic E-state index is 11.7. The zero-order chi connectivity index (χ0) is 12.7. The van der Waals surface area contributed by atoms with Gasteiger partial charge in [-0.3, -0.25) is 0 Å². The number of hydrogen-bond acceptors (Lipinski definition) is 4. The van der Waals surface area contributed by atoms with Gasteiger partial charge < -0.3 is 5.32 Å². The van der Waals surface area contributed by atoms with E-state index >= 15 is 0 Å². The molecule has 0 aliphatic carbocycles. The standard InChI is InChI=1S/C11H15N3O2S.ClH/c1-13-5-6-14-17(15,16)9-11-4-2-3-10(7-11)8-12;/h2-4,7,13-14H,5-6,9H2,1H3;1H. The highest BCUT2D eigenvalue weighted by Gasteiger charge is 2.10. The summed E-state index contributed by atoms with van der Waals surface area (Å²) in [5, 5.41) is 11.6. The molecule has 0 spiro atoms. The smallest absolute Gasteiger partial charge is 0.215 e. The number of nitrogens with one attached hydrogen (secondary N) is 2. The van der Waals surface area contributed by atoms with E-state index in [0.717, 1.165) is 0 Å². The predicted octanol–water partition coefficient (Wildman–Crippen LogP) is 0.619. The summed E-state index contributed by atoms with van der Waals surface area (Å²) < 4.78 is 25.8. The Labute approximate surface area is 114 Å². The summed E-state index contributed by atoms with van der Waals surface area (Å²) in [7, 11) is -1.58. The number of hydrogen-bond donors (Lipinski definition) is 2. The van der Waals surface area contributed by atoms with Gasteiger partial charge in [-0.15, -0.1) is 12.4 Å². The third kappa shape index (κ3) is 5.98. The van der Waals surface area contributed by atoms with E-state index in [-0.39, 0.29) is 18.2 Å². The van der Waals surface area contributed by atoms with Crippen LogP contribution in [0.15, 0.2) is 24.3 Å². The lowest BCUT2D eigenvalue weighted by Gasteiger charge is -2.06. The van der Waals surface area contributed by atoms with Crippen LogP contribution < -0.4 is 10.0 Å². The summed E-state index contributed by atoms with van der Waals surface area (Å²) in [5.41, 5.74) is 1.08. The molecule has 5 nitrogen and oxygen atoms in total. The van der Waals surface area contributed by atoms with E-state index < -0.39 is 10.0 Å². The normalized spacial score (nSPS) is 10.4. The van der Waals surface area contributed by atoms with Gasteiger partial charge >= 0.3 is 0 Å². The lowest BCUT2D eigenvalue weighted by molar-refractivity contribution is 0.578. The Morgan fingerprint density at radius 1 is 1.33 bits per heavy atom. The zero-order valence-corrected chi connectivity index (χ0v) is 11.6. The molecule has 7 heteroatoms. The Bertz CT molecular complexity index is 511. The summed E-state index contributed by atoms with van der Waals surface area (Å²) in [6, 6.07) is 8.57. The molecule has 100 valence electrons. The van der Waals surface area contributed by atoms with Gasteiger partial charge in [-0.1, -0.05) is 12.1 Å². The first kappa shape index (κ1) is 16.9. The first-order chi connectivity index (χ1) is 8.07. The maximum atomic E-state index is 11.7. The van der Waals surface area contributed by atoms with Gasteiger partial charge in [-0.25, -0.2) is 13.1 Å². The van der Waals surface area contributed by atoms with Crippen LogP contribution in [-0.4, -0.2) is 28.6 Å². The van der Waals surface area contributed by atoms with Crippen molar-refractivity contribution in [1.29, 1.82) is 5.26 Å². The molecule has 1 aromatic rings. The van der Waals surface area contributed by atoms with Gasteiger partial charge in [0.15, 0.2) is 0 Å². The van der Waals surface area contributed by atoms with Crippen LogP contribution in [0.3, 0.4) is 0 Å². The Hall–Kier alpha value is -1.13. The second-order valence-electron chi connectivity index (χ2n) is 3.57. The second-order valence-corrected chi connectivity index (χ2v) is 5.38. The minimum Gasteiger partial charge on any atom is -0.318 e. The molecular formula is C11H16ClN3O2S. The molecule has 0 aliphatic heterocycles. The minimum atomic E-state index is -3.33. The molecule has 1 aromatic carbocycles. The third-order valence-corrected chi connectivity index (χ3v) is 3.47. The second kappa shape index (κ2) is 8.06. The van der Waals surface area contributed by atoms with Crippen molar-refractivity contribution < 1.29 is 8.42 Å². The lowest BCUT2D eigenvalue weighted by atomic mass is 10.2. The fourth-order valence-electron chi connectivity index (χ4n) is 1.33. The first-order valence-electron chi connectivity index (χ1n) is 5.18. The topological polar surface area (TPSA) is 82.0 Å². The third-order valence-electron chi connectivity index (χ3n) is 2.11. The quantitative estimate of drug-likeness (QED) is 0.752. The van der Waals surface area contributed by atoms with Crippen LogP contribution in [0.2, 0.25) is 0 Å². The van der Waals surface area contributed by atoms with E-state index in [0.29, 0.717) is 24.2 Å². The molecule has 0 unspecified atom stereocenters.